The summed E-state index contributed by atoms with van der Waals surface area (Å²) in [7, 11) is 0. The highest BCUT2D eigenvalue weighted by Crippen LogP contribution is 2.43. The van der Waals surface area contributed by atoms with E-state index in [4.69, 9.17) is 21.1 Å². The number of carbonyl (C=O) groups excluding carboxylic acids is 1. The predicted octanol–water partition coefficient (Wildman–Crippen LogP) is 2.47. The van der Waals surface area contributed by atoms with Crippen molar-refractivity contribution in [3.63, 3.8) is 0 Å². The minimum Gasteiger partial charge on any atom is -0.503 e. The summed E-state index contributed by atoms with van der Waals surface area (Å²) in [4.78, 5) is 11.5. The number of halogens is 2. The maximum Gasteiger partial charge on any atom is 0.348 e. The lowest BCUT2D eigenvalue weighted by molar-refractivity contribution is -0.128. The number of ether oxygens (including phenoxy) is 2. The average Bonchev–Trinajstić information content (AvgIpc) is 2.11. The van der Waals surface area contributed by atoms with E-state index in [0.717, 1.165) is 6.07 Å². The van der Waals surface area contributed by atoms with Crippen LogP contribution in [0.1, 0.15) is 24.2 Å². The van der Waals surface area contributed by atoms with Gasteiger partial charge in [-0.05, 0) is 6.07 Å². The second-order valence-electron chi connectivity index (χ2n) is 3.78. The molecule has 16 heavy (non-hydrogen) atoms. The van der Waals surface area contributed by atoms with Gasteiger partial charge in [-0.15, -0.1) is 0 Å². The third-order valence-corrected chi connectivity index (χ3v) is 2.34. The highest BCUT2D eigenvalue weighted by Gasteiger charge is 2.38. The van der Waals surface area contributed by atoms with Crippen LogP contribution in [0, 0.1) is 5.82 Å². The first kappa shape index (κ1) is 11.0. The Balaban J connectivity index is 2.70. The van der Waals surface area contributed by atoms with Crippen LogP contribution in [0.3, 0.4) is 0 Å². The fraction of sp³-hybridized carbons (Fsp3) is 0.300. The molecule has 1 N–H and O–H groups in total. The van der Waals surface area contributed by atoms with Gasteiger partial charge in [0.2, 0.25) is 5.79 Å². The van der Waals surface area contributed by atoms with Crippen LogP contribution in [-0.2, 0) is 4.74 Å². The van der Waals surface area contributed by atoms with Gasteiger partial charge in [-0.1, -0.05) is 11.6 Å². The van der Waals surface area contributed by atoms with E-state index in [2.05, 4.69) is 0 Å². The van der Waals surface area contributed by atoms with Crippen molar-refractivity contribution in [2.24, 2.45) is 0 Å². The van der Waals surface area contributed by atoms with Crippen molar-refractivity contribution in [3.8, 4) is 11.5 Å². The number of aromatic hydroxyl groups is 1. The molecule has 0 aromatic heterocycles. The maximum atomic E-state index is 13.4. The average molecular weight is 247 g/mol. The number of rotatable bonds is 0. The summed E-state index contributed by atoms with van der Waals surface area (Å²) in [5.74, 6) is -3.80. The molecule has 1 aliphatic heterocycles. The molecule has 0 atom stereocenters. The summed E-state index contributed by atoms with van der Waals surface area (Å²) in [6.07, 6.45) is 0. The molecule has 1 heterocycles. The third kappa shape index (κ3) is 1.57. The molecule has 0 aliphatic carbocycles. The summed E-state index contributed by atoms with van der Waals surface area (Å²) >= 11 is 5.57. The van der Waals surface area contributed by atoms with Crippen LogP contribution >= 0.6 is 11.6 Å². The Labute approximate surface area is 95.5 Å². The maximum absolute atomic E-state index is 13.4. The largest absolute Gasteiger partial charge is 0.503 e. The number of carbonyl (C=O) groups is 1. The molecule has 0 radical (unpaired) electrons. The number of benzene rings is 1. The topological polar surface area (TPSA) is 55.8 Å². The molecule has 0 saturated carbocycles. The predicted molar refractivity (Wildman–Crippen MR) is 53.2 cm³/mol. The first-order valence-electron chi connectivity index (χ1n) is 4.45. The van der Waals surface area contributed by atoms with Crippen molar-refractivity contribution in [1.29, 1.82) is 0 Å². The fourth-order valence-corrected chi connectivity index (χ4v) is 1.60. The van der Waals surface area contributed by atoms with Crippen molar-refractivity contribution < 1.29 is 23.8 Å². The van der Waals surface area contributed by atoms with Gasteiger partial charge in [-0.25, -0.2) is 9.18 Å². The van der Waals surface area contributed by atoms with E-state index in [1.54, 1.807) is 0 Å². The minimum atomic E-state index is -1.27. The molecule has 6 heteroatoms. The zero-order valence-corrected chi connectivity index (χ0v) is 9.26. The number of esters is 1. The number of hydrogen-bond donors (Lipinski definition) is 1. The number of phenols is 1. The molecule has 4 nitrogen and oxygen atoms in total. The molecule has 0 bridgehead atoms. The molecule has 0 fully saturated rings. The standard InChI is InChI=1S/C10H8ClFO4/c1-10(2)15-8-6(9(14)16-10)5(12)3-4(11)7(8)13/h3,13H,1-2H3. The molecular weight excluding hydrogens is 239 g/mol. The Morgan fingerprint density at radius 1 is 1.44 bits per heavy atom. The highest BCUT2D eigenvalue weighted by atomic mass is 35.5. The van der Waals surface area contributed by atoms with Crippen LogP contribution in [0.25, 0.3) is 0 Å². The lowest BCUT2D eigenvalue weighted by atomic mass is 10.1. The summed E-state index contributed by atoms with van der Waals surface area (Å²) in [5, 5.41) is 9.37. The lowest BCUT2D eigenvalue weighted by Crippen LogP contribution is -2.39. The van der Waals surface area contributed by atoms with E-state index in [9.17, 15) is 14.3 Å². The second kappa shape index (κ2) is 3.25. The zero-order chi connectivity index (χ0) is 12.1. The van der Waals surface area contributed by atoms with Gasteiger partial charge < -0.3 is 14.6 Å². The summed E-state index contributed by atoms with van der Waals surface area (Å²) in [6, 6.07) is 0.832. The second-order valence-corrected chi connectivity index (χ2v) is 4.19. The van der Waals surface area contributed by atoms with Crippen LogP contribution in [0.5, 0.6) is 11.5 Å². The van der Waals surface area contributed by atoms with Crippen molar-refractivity contribution >= 4 is 17.6 Å². The van der Waals surface area contributed by atoms with E-state index >= 15 is 0 Å². The Morgan fingerprint density at radius 2 is 2.06 bits per heavy atom. The van der Waals surface area contributed by atoms with E-state index in [1.807, 2.05) is 0 Å². The van der Waals surface area contributed by atoms with Crippen molar-refractivity contribution in [3.05, 3.63) is 22.5 Å². The quantitative estimate of drug-likeness (QED) is 0.715. The number of phenolic OH excluding ortho intramolecular Hbond substituents is 1. The molecule has 0 unspecified atom stereocenters. The molecule has 0 spiro atoms. The number of fused-ring (bicyclic) bond motifs is 1. The normalized spacial score (nSPS) is 17.4. The number of cyclic esters (lactones) is 1. The molecule has 86 valence electrons. The van der Waals surface area contributed by atoms with Crippen LogP contribution in [0.4, 0.5) is 4.39 Å². The Morgan fingerprint density at radius 3 is 2.69 bits per heavy atom. The van der Waals surface area contributed by atoms with Gasteiger partial charge in [-0.2, -0.15) is 0 Å². The highest BCUT2D eigenvalue weighted by molar-refractivity contribution is 6.32. The SMILES string of the molecule is CC1(C)OC(=O)c2c(F)cc(Cl)c(O)c2O1. The smallest absolute Gasteiger partial charge is 0.348 e. The zero-order valence-electron chi connectivity index (χ0n) is 8.51. The van der Waals surface area contributed by atoms with E-state index < -0.39 is 28.9 Å². The van der Waals surface area contributed by atoms with Gasteiger partial charge in [0.05, 0.1) is 5.02 Å². The van der Waals surface area contributed by atoms with Crippen molar-refractivity contribution in [2.75, 3.05) is 0 Å². The molecule has 1 aliphatic rings. The Hall–Kier alpha value is -1.49. The molecule has 2 rings (SSSR count). The minimum absolute atomic E-state index is 0.221. The Bertz CT molecular complexity index is 484. The van der Waals surface area contributed by atoms with Gasteiger partial charge >= 0.3 is 5.97 Å². The van der Waals surface area contributed by atoms with Gasteiger partial charge in [0, 0.05) is 13.8 Å². The Kier molecular flexibility index (Phi) is 2.24. The van der Waals surface area contributed by atoms with Crippen LogP contribution in [-0.4, -0.2) is 16.9 Å². The van der Waals surface area contributed by atoms with E-state index in [-0.39, 0.29) is 10.8 Å². The molecule has 0 amide bonds. The molecule has 0 saturated heterocycles. The monoisotopic (exact) mass is 246 g/mol. The number of hydrogen-bond acceptors (Lipinski definition) is 4. The van der Waals surface area contributed by atoms with Gasteiger partial charge in [0.15, 0.2) is 11.5 Å². The molecular formula is C10H8ClFO4. The summed E-state index contributed by atoms with van der Waals surface area (Å²) in [6.45, 7) is 2.93. The van der Waals surface area contributed by atoms with Crippen LogP contribution in [0.2, 0.25) is 5.02 Å². The lowest BCUT2D eigenvalue weighted by Gasteiger charge is -2.32. The van der Waals surface area contributed by atoms with Gasteiger partial charge in [0.25, 0.3) is 0 Å². The third-order valence-electron chi connectivity index (χ3n) is 2.05. The van der Waals surface area contributed by atoms with Crippen LogP contribution < -0.4 is 4.74 Å². The first-order valence-corrected chi connectivity index (χ1v) is 4.83. The summed E-state index contributed by atoms with van der Waals surface area (Å²) < 4.78 is 23.4. The van der Waals surface area contributed by atoms with Gasteiger partial charge in [-0.3, -0.25) is 0 Å². The van der Waals surface area contributed by atoms with E-state index in [0.29, 0.717) is 0 Å². The van der Waals surface area contributed by atoms with Crippen molar-refractivity contribution in [1.82, 2.24) is 0 Å². The molecule has 1 aromatic rings. The summed E-state index contributed by atoms with van der Waals surface area (Å²) in [5.41, 5.74) is -0.443. The van der Waals surface area contributed by atoms with Gasteiger partial charge in [0.1, 0.15) is 11.4 Å². The molecule has 1 aromatic carbocycles. The van der Waals surface area contributed by atoms with Crippen molar-refractivity contribution in [2.45, 2.75) is 19.6 Å². The van der Waals surface area contributed by atoms with E-state index in [1.165, 1.54) is 13.8 Å². The van der Waals surface area contributed by atoms with Crippen LogP contribution in [0.15, 0.2) is 6.07 Å². The first-order chi connectivity index (χ1) is 7.32. The fourth-order valence-electron chi connectivity index (χ4n) is 1.42.